The summed E-state index contributed by atoms with van der Waals surface area (Å²) < 4.78 is 174. The third-order valence-electron chi connectivity index (χ3n) is 37.4. The molecule has 0 aromatic heterocycles. The van der Waals surface area contributed by atoms with Gasteiger partial charge in [0.15, 0.2) is 17.4 Å². The molecule has 0 amide bonds. The summed E-state index contributed by atoms with van der Waals surface area (Å²) in [6, 6.07) is 0. The van der Waals surface area contributed by atoms with Gasteiger partial charge < -0.3 is 130 Å². The number of aliphatic hydroxyl groups excluding tert-OH is 4. The predicted octanol–water partition coefficient (Wildman–Crippen LogP) is 11.0. The minimum atomic E-state index is -3.42. The molecule has 7 N–H and O–H groups in total. The highest BCUT2D eigenvalue weighted by Crippen LogP contribution is 2.63. The van der Waals surface area contributed by atoms with Gasteiger partial charge >= 0.3 is 5.97 Å². The van der Waals surface area contributed by atoms with Gasteiger partial charge in [0, 0.05) is 115 Å². The van der Waals surface area contributed by atoms with Crippen molar-refractivity contribution in [3.63, 3.8) is 0 Å². The van der Waals surface area contributed by atoms with E-state index in [0.29, 0.717) is 57.8 Å². The summed E-state index contributed by atoms with van der Waals surface area (Å²) in [6.07, 6.45) is 12.1. The number of methoxy groups -OCH3 is 1. The number of aliphatic hydroxyl groups is 4. The van der Waals surface area contributed by atoms with E-state index in [0.717, 1.165) is 151 Å². The Kier molecular flexibility index (Phi) is 30.4. The molecule has 32 nitrogen and oxygen atoms in total. The first-order valence-electron chi connectivity index (χ1n) is 53.5. The van der Waals surface area contributed by atoms with Gasteiger partial charge in [-0.05, 0) is 179 Å². The standard InChI is InChI=1S/C62H90O17.C41H60O13S.C2H6.CH4.H3NO/c1-28-13-37-7-9-42-29(2)14-39(67-42)11-12-61-26-50-56(78-61)57-58(73-50)59(79-61)55-43(71-57)10-8-38(69-55)17-51(66)74-54-33(6)40-15-34-24-62(76-45(34)19-46(40)70-48(54)18-44(68-37)32(28)5)25-35-23-60(21-30(3)52(35)77-62)22-31(4)53-49(75-60)20-47(72-53)41(65)16-36(64)27-63;1-20-12-25-6-8-29-21(2)13-27(47-29)10-11-41-18-34-37(53-41)38-39(52-34)40(54-41)36-30(51-38)9-7-26(49-36)14-23(42)15-28-32(17-31(48-25)22(20)3)50-33(35(28)46-4)16-24(43)19-55(5,44)45;1-2;;1-2/h28,30-31,33-50,52-59,63-65H,2,5,7-27H2,1,3-4,6H3;20,24-40,43H,2-3,6-19H2,1,4-5H3;1-2H3;1H4;2H,1H2/t28-,30+,31+,33+,34-,35+,36+,37+,38-,39+,40+,41-,42?,43+,44?,45-,46+,47+,48+,49+,50-,52+,53+,54-,55+,56+,57+,58-,59+,60-,61+,62+;20-,24+,25+,26-,27+,28+,29?,30+,31?,32+,33-,34-,35-,36+,37+,38+,39-,40+,41+;;;/m11.../s1. The highest BCUT2D eigenvalue weighted by Gasteiger charge is 2.73. The van der Waals surface area contributed by atoms with Crippen LogP contribution in [-0.4, -0.2) is 326 Å². The van der Waals surface area contributed by atoms with Gasteiger partial charge in [-0.15, -0.1) is 0 Å². The lowest BCUT2D eigenvalue weighted by atomic mass is 9.65. The van der Waals surface area contributed by atoms with Crippen LogP contribution >= 0.6 is 0 Å². The predicted molar refractivity (Wildman–Crippen MR) is 501 cm³/mol. The molecule has 24 heterocycles. The Morgan fingerprint density at radius 3 is 1.51 bits per heavy atom. The van der Waals surface area contributed by atoms with Crippen LogP contribution in [0.4, 0.5) is 0 Å². The molecule has 784 valence electrons. The van der Waals surface area contributed by atoms with Crippen LogP contribution in [0.1, 0.15) is 268 Å². The second-order valence-corrected chi connectivity index (χ2v) is 49.1. The number of carbonyl (C=O) groups excluding carboxylic acids is 2. The summed E-state index contributed by atoms with van der Waals surface area (Å²) in [5.41, 5.74) is 4.01. The van der Waals surface area contributed by atoms with Crippen molar-refractivity contribution in [1.82, 2.24) is 0 Å². The number of carbonyl (C=O) groups is 2. The maximum atomic E-state index is 14.6. The quantitative estimate of drug-likeness (QED) is 0.0709. The molecular weight excluding hydrogens is 1820 g/mol. The van der Waals surface area contributed by atoms with Crippen molar-refractivity contribution in [2.24, 2.45) is 59.2 Å². The second-order valence-electron chi connectivity index (χ2n) is 46.9. The van der Waals surface area contributed by atoms with E-state index >= 15 is 0 Å². The number of esters is 1. The number of sulfone groups is 1. The molecule has 51 atom stereocenters. The van der Waals surface area contributed by atoms with Gasteiger partial charge in [-0.25, -0.2) is 14.3 Å². The van der Waals surface area contributed by atoms with E-state index in [1.165, 1.54) is 0 Å². The molecule has 2 saturated carbocycles. The maximum Gasteiger partial charge on any atom is 0.308 e. The van der Waals surface area contributed by atoms with Gasteiger partial charge in [0.1, 0.15) is 82.8 Å². The van der Waals surface area contributed by atoms with Gasteiger partial charge in [0.2, 0.25) is 0 Å². The SMILES string of the molecule is C.C=C1C[C@@H]2CC[C@@]34C[C@H]5O[C@H]6[C@@H](O3)[C@H]3O[C@H](CC[C@@H]3O[C@H]6[C@H]5O4)CC(=O)C[C@@H]3[C@@H](OC)[C@@H](C[C@H](O)CS(C)(=O)=O)O[C@H]3CC3O[C@@H](CCC1O2)C[C@@H](C)C3=C.C=C1C[C@@H]2CC[C@@]34C[C@H]5O[C@H]6[C@@H](O3)[C@H]3O[C@H](CC[C@@H]3O[C@H]6[C@H]5O4)CC(=O)O[C@@H]3[C@@H](C)[C@@H]4C[C@@H]5C[C@]6(C[C@@H]7C[C@@]8(C[C@H](C)[C@@H]7O6)C[C@H](C)[C@@H]6O[C@H]([C@H](O)C[C@H](O)CO)C[C@@H]6O8)O[C@@H]5C[C@@H]4O[C@H]3CC3O[C@@H](CCC1O2)C[C@@H](C)C3=C.CC.NO. The summed E-state index contributed by atoms with van der Waals surface area (Å²) in [5.74, 6) is 1.93. The van der Waals surface area contributed by atoms with E-state index < -0.39 is 101 Å². The molecular formula is C106H163NO31S. The van der Waals surface area contributed by atoms with Crippen LogP contribution < -0.4 is 5.90 Å². The second kappa shape index (κ2) is 41.0. The Balaban J connectivity index is 0.000000174. The molecule has 33 heteroatoms. The molecule has 4 spiro atoms. The monoisotopic (exact) mass is 1980 g/mol. The van der Waals surface area contributed by atoms with Crippen molar-refractivity contribution in [3.05, 3.63) is 48.6 Å². The fourth-order valence-corrected chi connectivity index (χ4v) is 32.1. The van der Waals surface area contributed by atoms with Crippen LogP contribution in [0.3, 0.4) is 0 Å². The van der Waals surface area contributed by atoms with E-state index in [2.05, 4.69) is 66.8 Å². The molecule has 24 bridgehead atoms. The third-order valence-corrected chi connectivity index (χ3v) is 38.4. The van der Waals surface area contributed by atoms with Crippen LogP contribution in [0.2, 0.25) is 0 Å². The summed E-state index contributed by atoms with van der Waals surface area (Å²) in [5, 5.41) is 47.7. The topological polar surface area (TPSA) is 399 Å². The van der Waals surface area contributed by atoms with E-state index in [4.69, 9.17) is 109 Å². The zero-order chi connectivity index (χ0) is 96.4. The minimum absolute atomic E-state index is 0. The zero-order valence-corrected chi connectivity index (χ0v) is 83.4. The average Bonchev–Trinajstić information content (AvgIpc) is 1.57. The number of ether oxygens (including phenoxy) is 22. The van der Waals surface area contributed by atoms with Crippen molar-refractivity contribution in [2.45, 2.75) is 523 Å². The molecule has 26 aliphatic rings. The number of ketones is 1. The van der Waals surface area contributed by atoms with E-state index in [1.54, 1.807) is 7.11 Å². The molecule has 26 rings (SSSR count). The van der Waals surface area contributed by atoms with Crippen molar-refractivity contribution in [2.75, 3.05) is 25.7 Å². The number of nitrogens with two attached hydrogens (primary N) is 1. The number of rotatable bonds is 9. The lowest BCUT2D eigenvalue weighted by Crippen LogP contribution is -2.61. The third kappa shape index (κ3) is 20.2. The van der Waals surface area contributed by atoms with Crippen LogP contribution in [0.25, 0.3) is 0 Å². The molecule has 0 aromatic rings. The first-order valence-corrected chi connectivity index (χ1v) is 55.6. The largest absolute Gasteiger partial charge is 0.459 e. The highest BCUT2D eigenvalue weighted by molar-refractivity contribution is 7.90. The van der Waals surface area contributed by atoms with Gasteiger partial charge in [-0.2, -0.15) is 0 Å². The number of hydrogen-bond donors (Lipinski definition) is 6. The number of hydrogen-bond acceptors (Lipinski definition) is 32. The summed E-state index contributed by atoms with van der Waals surface area (Å²) in [7, 11) is -1.84. The van der Waals surface area contributed by atoms with Crippen molar-refractivity contribution in [3.8, 4) is 0 Å². The van der Waals surface area contributed by atoms with Crippen LogP contribution in [0.5, 0.6) is 0 Å². The fraction of sp³-hybridized carbons (Fsp3) is 0.906. The summed E-state index contributed by atoms with van der Waals surface area (Å²) in [6.45, 7) is 32.9. The Bertz CT molecular complexity index is 4490. The summed E-state index contributed by atoms with van der Waals surface area (Å²) >= 11 is 0. The summed E-state index contributed by atoms with van der Waals surface area (Å²) in [4.78, 5) is 28.8. The van der Waals surface area contributed by atoms with Gasteiger partial charge in [-0.1, -0.05) is 82.2 Å². The van der Waals surface area contributed by atoms with Gasteiger partial charge in [0.25, 0.3) is 0 Å². The molecule has 26 fully saturated rings. The van der Waals surface area contributed by atoms with Crippen molar-refractivity contribution < 1.29 is 148 Å². The van der Waals surface area contributed by atoms with Crippen LogP contribution in [0, 0.1) is 53.3 Å². The van der Waals surface area contributed by atoms with Crippen LogP contribution in [-0.2, 0) is 124 Å². The van der Waals surface area contributed by atoms with Crippen molar-refractivity contribution in [1.29, 1.82) is 0 Å². The lowest BCUT2D eigenvalue weighted by molar-refractivity contribution is -0.293. The van der Waals surface area contributed by atoms with Crippen LogP contribution in [0.15, 0.2) is 48.6 Å². The van der Waals surface area contributed by atoms with Crippen molar-refractivity contribution >= 4 is 21.6 Å². The molecule has 139 heavy (non-hydrogen) atoms. The fourth-order valence-electron chi connectivity index (χ4n) is 31.3. The number of Topliss-reactive ketones (excluding diaryl/α,β-unsaturated/α-hetero) is 1. The first-order chi connectivity index (χ1) is 66.2. The molecule has 0 radical (unpaired) electrons. The van der Waals surface area contributed by atoms with E-state index in [1.807, 2.05) is 13.8 Å². The lowest BCUT2D eigenvalue weighted by Gasteiger charge is -2.51. The Morgan fingerprint density at radius 2 is 0.935 bits per heavy atom. The van der Waals surface area contributed by atoms with E-state index in [-0.39, 0.29) is 281 Å². The first kappa shape index (κ1) is 103. The molecule has 24 saturated heterocycles. The van der Waals surface area contributed by atoms with E-state index in [9.17, 15) is 38.4 Å². The minimum Gasteiger partial charge on any atom is -0.459 e. The number of fused-ring (bicyclic) bond motifs is 16. The highest BCUT2D eigenvalue weighted by atomic mass is 32.2. The normalized spacial score (nSPS) is 52.6. The maximum absolute atomic E-state index is 14.6. The Labute approximate surface area is 821 Å². The Morgan fingerprint density at radius 1 is 0.424 bits per heavy atom. The molecule has 2 aliphatic carbocycles. The molecule has 0 aromatic carbocycles. The van der Waals surface area contributed by atoms with Gasteiger partial charge in [-0.3, -0.25) is 9.59 Å². The van der Waals surface area contributed by atoms with Gasteiger partial charge in [0.05, 0.1) is 189 Å². The Hall–Kier alpha value is -3.03. The molecule has 24 aliphatic heterocycles. The smallest absolute Gasteiger partial charge is 0.308 e. The molecule has 4 unspecified atom stereocenters. The zero-order valence-electron chi connectivity index (χ0n) is 82.5. The average molecular weight is 1980 g/mol.